The van der Waals surface area contributed by atoms with Gasteiger partial charge >= 0.3 is 12.6 Å². The molecule has 0 unspecified atom stereocenters. The molecule has 0 bridgehead atoms. The van der Waals surface area contributed by atoms with Gasteiger partial charge in [-0.15, -0.1) is 0 Å². The van der Waals surface area contributed by atoms with Crippen molar-refractivity contribution in [2.45, 2.75) is 13.2 Å². The van der Waals surface area contributed by atoms with Gasteiger partial charge in [0.05, 0.1) is 10.6 Å². The summed E-state index contributed by atoms with van der Waals surface area (Å²) >= 11 is 9.18. The van der Waals surface area contributed by atoms with Crippen LogP contribution in [0, 0.1) is 0 Å². The second-order valence-electron chi connectivity index (χ2n) is 5.47. The van der Waals surface area contributed by atoms with E-state index in [-0.39, 0.29) is 22.9 Å². The van der Waals surface area contributed by atoms with Crippen molar-refractivity contribution in [1.82, 2.24) is 4.90 Å². The van der Waals surface area contributed by atoms with Crippen LogP contribution in [0.1, 0.15) is 15.9 Å². The molecule has 0 N–H and O–H groups in total. The molecule has 2 rings (SSSR count). The van der Waals surface area contributed by atoms with Gasteiger partial charge in [-0.3, -0.25) is 4.79 Å². The number of ether oxygens (including phenoxy) is 2. The summed E-state index contributed by atoms with van der Waals surface area (Å²) < 4.78 is 34.2. The van der Waals surface area contributed by atoms with Gasteiger partial charge in [0.2, 0.25) is 0 Å². The first-order valence-corrected chi connectivity index (χ1v) is 8.83. The van der Waals surface area contributed by atoms with Crippen molar-refractivity contribution in [2.24, 2.45) is 0 Å². The van der Waals surface area contributed by atoms with Crippen LogP contribution < -0.4 is 4.74 Å². The molecule has 0 aromatic heterocycles. The Morgan fingerprint density at radius 2 is 1.85 bits per heavy atom. The summed E-state index contributed by atoms with van der Waals surface area (Å²) in [6.45, 7) is -3.14. The third kappa shape index (κ3) is 6.48. The molecule has 0 spiro atoms. The predicted octanol–water partition coefficient (Wildman–Crippen LogP) is 4.52. The second kappa shape index (κ2) is 9.66. The Labute approximate surface area is 167 Å². The van der Waals surface area contributed by atoms with Crippen molar-refractivity contribution in [3.8, 4) is 5.75 Å². The van der Waals surface area contributed by atoms with Crippen LogP contribution in [0.3, 0.4) is 0 Å². The highest BCUT2D eigenvalue weighted by molar-refractivity contribution is 9.10. The summed E-state index contributed by atoms with van der Waals surface area (Å²) in [7, 11) is 1.53. The largest absolute Gasteiger partial charge is 0.452 e. The zero-order valence-electron chi connectivity index (χ0n) is 14.1. The molecule has 0 aliphatic heterocycles. The molecule has 0 heterocycles. The van der Waals surface area contributed by atoms with Crippen molar-refractivity contribution in [1.29, 1.82) is 0 Å². The van der Waals surface area contributed by atoms with Crippen molar-refractivity contribution >= 4 is 39.4 Å². The Morgan fingerprint density at radius 1 is 1.19 bits per heavy atom. The maximum absolute atomic E-state index is 12.1. The number of halogens is 4. The number of carbonyl (C=O) groups excluding carboxylic acids is 2. The third-order valence-electron chi connectivity index (χ3n) is 3.47. The Kier molecular flexibility index (Phi) is 7.55. The molecular weight excluding hydrogens is 448 g/mol. The van der Waals surface area contributed by atoms with Crippen LogP contribution in [0.2, 0.25) is 5.02 Å². The third-order valence-corrected chi connectivity index (χ3v) is 4.29. The number of esters is 1. The van der Waals surface area contributed by atoms with Gasteiger partial charge in [-0.05, 0) is 35.9 Å². The summed E-state index contributed by atoms with van der Waals surface area (Å²) in [6, 6.07) is 10.6. The van der Waals surface area contributed by atoms with Crippen molar-refractivity contribution in [3.05, 3.63) is 63.1 Å². The summed E-state index contributed by atoms with van der Waals surface area (Å²) in [5, 5.41) is 0.218. The first kappa shape index (κ1) is 21.1. The molecule has 27 heavy (non-hydrogen) atoms. The number of likely N-dealkylation sites (N-methyl/N-ethyl adjacent to an activating group) is 1. The highest BCUT2D eigenvalue weighted by Crippen LogP contribution is 2.22. The second-order valence-corrected chi connectivity index (χ2v) is 6.80. The predicted molar refractivity (Wildman–Crippen MR) is 99.0 cm³/mol. The maximum Gasteiger partial charge on any atom is 0.387 e. The molecule has 0 saturated carbocycles. The van der Waals surface area contributed by atoms with E-state index in [0.29, 0.717) is 10.0 Å². The van der Waals surface area contributed by atoms with E-state index in [9.17, 15) is 18.4 Å². The highest BCUT2D eigenvalue weighted by atomic mass is 79.9. The minimum Gasteiger partial charge on any atom is -0.452 e. The van der Waals surface area contributed by atoms with Gasteiger partial charge in [0.15, 0.2) is 6.61 Å². The number of nitrogens with zero attached hydrogens (tertiary/aromatic N) is 1. The average Bonchev–Trinajstić information content (AvgIpc) is 2.62. The van der Waals surface area contributed by atoms with Crippen LogP contribution in [0.4, 0.5) is 8.78 Å². The number of alkyl halides is 2. The number of amides is 1. The number of benzene rings is 2. The Bertz CT molecular complexity index is 818. The number of carbonyl (C=O) groups is 2. The van der Waals surface area contributed by atoms with E-state index in [1.54, 1.807) is 18.2 Å². The highest BCUT2D eigenvalue weighted by Gasteiger charge is 2.16. The molecular formula is C18H15BrClF2NO4. The number of hydrogen-bond donors (Lipinski definition) is 0. The SMILES string of the molecule is CN(Cc1ccc(OC(F)F)cc1)C(=O)COC(=O)c1cc(Br)ccc1Cl. The topological polar surface area (TPSA) is 55.8 Å². The minimum atomic E-state index is -2.89. The molecule has 144 valence electrons. The first-order chi connectivity index (χ1) is 12.8. The van der Waals surface area contributed by atoms with Crippen LogP contribution >= 0.6 is 27.5 Å². The van der Waals surface area contributed by atoms with Crippen molar-refractivity contribution in [2.75, 3.05) is 13.7 Å². The van der Waals surface area contributed by atoms with E-state index in [0.717, 1.165) is 0 Å². The molecule has 0 atom stereocenters. The van der Waals surface area contributed by atoms with E-state index in [1.165, 1.54) is 36.2 Å². The molecule has 1 amide bonds. The lowest BCUT2D eigenvalue weighted by atomic mass is 10.2. The molecule has 2 aromatic carbocycles. The number of rotatable bonds is 7. The monoisotopic (exact) mass is 461 g/mol. The fraction of sp³-hybridized carbons (Fsp3) is 0.222. The standard InChI is InChI=1S/C18H15BrClF2NO4/c1-23(9-11-2-5-13(6-3-11)27-18(21)22)16(24)10-26-17(25)14-8-12(19)4-7-15(14)20/h2-8,18H,9-10H2,1H3. The summed E-state index contributed by atoms with van der Waals surface area (Å²) in [6.07, 6.45) is 0. The Balaban J connectivity index is 1.88. The maximum atomic E-state index is 12.1. The van der Waals surface area contributed by atoms with Gasteiger partial charge in [0, 0.05) is 18.1 Å². The summed E-state index contributed by atoms with van der Waals surface area (Å²) in [5.74, 6) is -1.11. The van der Waals surface area contributed by atoms with E-state index in [2.05, 4.69) is 20.7 Å². The smallest absolute Gasteiger partial charge is 0.387 e. The Hall–Kier alpha value is -2.19. The summed E-state index contributed by atoms with van der Waals surface area (Å²) in [4.78, 5) is 25.5. The fourth-order valence-electron chi connectivity index (χ4n) is 2.11. The van der Waals surface area contributed by atoms with Gasteiger partial charge in [-0.25, -0.2) is 4.79 Å². The van der Waals surface area contributed by atoms with E-state index < -0.39 is 25.1 Å². The fourth-order valence-corrected chi connectivity index (χ4v) is 2.66. The van der Waals surface area contributed by atoms with Crippen LogP contribution in [-0.4, -0.2) is 37.0 Å². The summed E-state index contributed by atoms with van der Waals surface area (Å²) in [5.41, 5.74) is 0.852. The molecule has 0 fully saturated rings. The van der Waals surface area contributed by atoms with Crippen LogP contribution in [0.15, 0.2) is 46.9 Å². The average molecular weight is 463 g/mol. The van der Waals surface area contributed by atoms with Crippen molar-refractivity contribution in [3.63, 3.8) is 0 Å². The quantitative estimate of drug-likeness (QED) is 0.568. The lowest BCUT2D eigenvalue weighted by Gasteiger charge is -2.17. The first-order valence-electron chi connectivity index (χ1n) is 7.66. The van der Waals surface area contributed by atoms with Crippen molar-refractivity contribution < 1.29 is 27.8 Å². The molecule has 0 radical (unpaired) electrons. The molecule has 2 aromatic rings. The molecule has 0 aliphatic carbocycles. The lowest BCUT2D eigenvalue weighted by molar-refractivity contribution is -0.133. The van der Waals surface area contributed by atoms with Gasteiger partial charge in [0.25, 0.3) is 5.91 Å². The molecule has 0 saturated heterocycles. The van der Waals surface area contributed by atoms with Crippen LogP contribution in [-0.2, 0) is 16.1 Å². The Morgan fingerprint density at radius 3 is 2.48 bits per heavy atom. The minimum absolute atomic E-state index is 0.0301. The zero-order valence-corrected chi connectivity index (χ0v) is 16.5. The van der Waals surface area contributed by atoms with E-state index >= 15 is 0 Å². The van der Waals surface area contributed by atoms with Gasteiger partial charge in [-0.2, -0.15) is 8.78 Å². The van der Waals surface area contributed by atoms with Gasteiger partial charge in [0.1, 0.15) is 5.75 Å². The van der Waals surface area contributed by atoms with Crippen LogP contribution in [0.25, 0.3) is 0 Å². The van der Waals surface area contributed by atoms with E-state index in [4.69, 9.17) is 16.3 Å². The zero-order chi connectivity index (χ0) is 20.0. The molecule has 9 heteroatoms. The van der Waals surface area contributed by atoms with E-state index in [1.807, 2.05) is 0 Å². The van der Waals surface area contributed by atoms with Crippen LogP contribution in [0.5, 0.6) is 5.75 Å². The molecule has 5 nitrogen and oxygen atoms in total. The number of hydrogen-bond acceptors (Lipinski definition) is 4. The van der Waals surface area contributed by atoms with Gasteiger partial charge < -0.3 is 14.4 Å². The normalized spacial score (nSPS) is 10.6. The lowest BCUT2D eigenvalue weighted by Crippen LogP contribution is -2.30. The van der Waals surface area contributed by atoms with Gasteiger partial charge in [-0.1, -0.05) is 39.7 Å². The molecule has 0 aliphatic rings.